The van der Waals surface area contributed by atoms with Crippen molar-refractivity contribution in [3.63, 3.8) is 0 Å². The number of hydrogen-bond donors (Lipinski definition) is 2. The van der Waals surface area contributed by atoms with Crippen LogP contribution in [0.15, 0.2) is 78.0 Å². The lowest BCUT2D eigenvalue weighted by molar-refractivity contribution is -0.115. The zero-order valence-corrected chi connectivity index (χ0v) is 20.4. The number of ether oxygens (including phenoxy) is 2. The highest BCUT2D eigenvalue weighted by Gasteiger charge is 2.15. The minimum absolute atomic E-state index is 0.0768. The van der Waals surface area contributed by atoms with Gasteiger partial charge in [0.2, 0.25) is 5.91 Å². The van der Waals surface area contributed by atoms with Crippen LogP contribution in [0.1, 0.15) is 6.42 Å². The van der Waals surface area contributed by atoms with Crippen LogP contribution in [0.4, 0.5) is 5.69 Å². The molecule has 0 aliphatic heterocycles. The van der Waals surface area contributed by atoms with Crippen LogP contribution >= 0.6 is 23.4 Å². The van der Waals surface area contributed by atoms with Crippen LogP contribution in [-0.4, -0.2) is 35.8 Å². The van der Waals surface area contributed by atoms with Gasteiger partial charge in [0.05, 0.1) is 25.6 Å². The van der Waals surface area contributed by atoms with Crippen LogP contribution in [0.5, 0.6) is 11.5 Å². The average molecular weight is 494 g/mol. The van der Waals surface area contributed by atoms with Crippen molar-refractivity contribution in [1.29, 1.82) is 0 Å². The number of thioether (sulfide) groups is 1. The molecule has 2 N–H and O–H groups in total. The largest absolute Gasteiger partial charge is 0.497 e. The molecule has 0 fully saturated rings. The first-order valence-electron chi connectivity index (χ1n) is 10.6. The Balaban J connectivity index is 1.50. The summed E-state index contributed by atoms with van der Waals surface area (Å²) in [5.74, 6) is 2.07. The first kappa shape index (κ1) is 23.7. The Morgan fingerprint density at radius 1 is 0.971 bits per heavy atom. The van der Waals surface area contributed by atoms with E-state index in [1.165, 1.54) is 11.8 Å². The Morgan fingerprint density at radius 2 is 1.62 bits per heavy atom. The fourth-order valence-corrected chi connectivity index (χ4v) is 4.38. The fraction of sp³-hybridized carbons (Fsp3) is 0.154. The summed E-state index contributed by atoms with van der Waals surface area (Å²) in [5, 5.41) is 4.19. The molecule has 34 heavy (non-hydrogen) atoms. The quantitative estimate of drug-likeness (QED) is 0.259. The Kier molecular flexibility index (Phi) is 7.77. The molecular formula is C26H24ClN3O3S. The monoisotopic (exact) mass is 493 g/mol. The van der Waals surface area contributed by atoms with E-state index < -0.39 is 0 Å². The Labute approximate surface area is 207 Å². The summed E-state index contributed by atoms with van der Waals surface area (Å²) in [6, 6.07) is 22.7. The molecule has 0 aliphatic rings. The molecule has 0 radical (unpaired) electrons. The molecule has 1 heterocycles. The highest BCUT2D eigenvalue weighted by atomic mass is 35.5. The molecule has 0 unspecified atom stereocenters. The van der Waals surface area contributed by atoms with E-state index in [0.29, 0.717) is 22.9 Å². The molecular weight excluding hydrogens is 470 g/mol. The number of rotatable bonds is 9. The van der Waals surface area contributed by atoms with Gasteiger partial charge in [0.25, 0.3) is 0 Å². The third-order valence-electron chi connectivity index (χ3n) is 5.10. The van der Waals surface area contributed by atoms with Gasteiger partial charge in [-0.3, -0.25) is 4.79 Å². The Hall–Kier alpha value is -3.42. The van der Waals surface area contributed by atoms with E-state index in [1.54, 1.807) is 32.4 Å². The summed E-state index contributed by atoms with van der Waals surface area (Å²) in [6.45, 7) is 0. The van der Waals surface area contributed by atoms with Gasteiger partial charge >= 0.3 is 0 Å². The topological polar surface area (TPSA) is 76.2 Å². The van der Waals surface area contributed by atoms with Crippen molar-refractivity contribution in [3.8, 4) is 34.0 Å². The van der Waals surface area contributed by atoms with Crippen molar-refractivity contribution in [3.05, 3.63) is 77.8 Å². The standard InChI is InChI=1S/C26H24ClN3O3S/c1-32-21-10-6-17(7-11-21)24-25(18-8-12-22(33-2)13-9-18)30-26(29-24)34-15-14-23(31)28-20-5-3-4-19(27)16-20/h3-13,16H,14-15H2,1-2H3,(H,28,31)(H,29,30). The number of H-pyrrole nitrogens is 1. The summed E-state index contributed by atoms with van der Waals surface area (Å²) in [5.41, 5.74) is 4.37. The van der Waals surface area contributed by atoms with Crippen LogP contribution < -0.4 is 14.8 Å². The number of amides is 1. The number of carbonyl (C=O) groups is 1. The Bertz CT molecular complexity index is 1190. The molecule has 0 saturated carbocycles. The number of benzene rings is 3. The van der Waals surface area contributed by atoms with Gasteiger partial charge in [-0.25, -0.2) is 4.98 Å². The molecule has 3 aromatic carbocycles. The van der Waals surface area contributed by atoms with E-state index in [-0.39, 0.29) is 5.91 Å². The van der Waals surface area contributed by atoms with Gasteiger partial charge in [-0.2, -0.15) is 0 Å². The summed E-state index contributed by atoms with van der Waals surface area (Å²) in [7, 11) is 3.29. The molecule has 8 heteroatoms. The van der Waals surface area contributed by atoms with Crippen LogP contribution in [0.3, 0.4) is 0 Å². The smallest absolute Gasteiger partial charge is 0.225 e. The summed E-state index contributed by atoms with van der Waals surface area (Å²) >= 11 is 7.48. The maximum atomic E-state index is 12.3. The van der Waals surface area contributed by atoms with E-state index in [0.717, 1.165) is 39.2 Å². The summed E-state index contributed by atoms with van der Waals surface area (Å²) < 4.78 is 10.6. The van der Waals surface area contributed by atoms with E-state index in [9.17, 15) is 4.79 Å². The summed E-state index contributed by atoms with van der Waals surface area (Å²) in [6.07, 6.45) is 0.341. The van der Waals surface area contributed by atoms with Gasteiger partial charge in [0.1, 0.15) is 11.5 Å². The number of carbonyl (C=O) groups excluding carboxylic acids is 1. The highest BCUT2D eigenvalue weighted by Crippen LogP contribution is 2.34. The molecule has 0 spiro atoms. The third-order valence-corrected chi connectivity index (χ3v) is 6.21. The number of imidazole rings is 1. The second kappa shape index (κ2) is 11.1. The lowest BCUT2D eigenvalue weighted by Gasteiger charge is -2.06. The SMILES string of the molecule is COc1ccc(-c2nc(SCCC(=O)Nc3cccc(Cl)c3)[nH]c2-c2ccc(OC)cc2)cc1. The zero-order valence-electron chi connectivity index (χ0n) is 18.8. The first-order valence-corrected chi connectivity index (χ1v) is 12.0. The normalized spacial score (nSPS) is 10.7. The first-order chi connectivity index (χ1) is 16.6. The molecule has 0 atom stereocenters. The Morgan fingerprint density at radius 3 is 2.24 bits per heavy atom. The number of methoxy groups -OCH3 is 2. The average Bonchev–Trinajstić information content (AvgIpc) is 3.28. The maximum Gasteiger partial charge on any atom is 0.225 e. The number of halogens is 1. The number of aromatic amines is 1. The minimum atomic E-state index is -0.0768. The minimum Gasteiger partial charge on any atom is -0.497 e. The van der Waals surface area contributed by atoms with Crippen LogP contribution in [0.2, 0.25) is 5.02 Å². The number of anilines is 1. The fourth-order valence-electron chi connectivity index (χ4n) is 3.37. The number of nitrogens with zero attached hydrogens (tertiary/aromatic N) is 1. The zero-order chi connectivity index (χ0) is 23.9. The molecule has 0 saturated heterocycles. The van der Waals surface area contributed by atoms with Gasteiger partial charge in [-0.15, -0.1) is 0 Å². The van der Waals surface area contributed by atoms with Crippen molar-refractivity contribution < 1.29 is 14.3 Å². The number of aromatic nitrogens is 2. The third kappa shape index (κ3) is 5.92. The second-order valence-electron chi connectivity index (χ2n) is 7.38. The second-order valence-corrected chi connectivity index (χ2v) is 8.90. The number of nitrogens with one attached hydrogen (secondary N) is 2. The van der Waals surface area contributed by atoms with Crippen LogP contribution in [-0.2, 0) is 4.79 Å². The molecule has 174 valence electrons. The van der Waals surface area contributed by atoms with Gasteiger partial charge in [-0.05, 0) is 66.7 Å². The van der Waals surface area contributed by atoms with Gasteiger partial charge < -0.3 is 19.8 Å². The lowest BCUT2D eigenvalue weighted by atomic mass is 10.0. The molecule has 4 aromatic rings. The maximum absolute atomic E-state index is 12.3. The van der Waals surface area contributed by atoms with E-state index in [1.807, 2.05) is 54.6 Å². The van der Waals surface area contributed by atoms with Crippen molar-refractivity contribution in [2.45, 2.75) is 11.6 Å². The van der Waals surface area contributed by atoms with Crippen molar-refractivity contribution in [2.75, 3.05) is 25.3 Å². The summed E-state index contributed by atoms with van der Waals surface area (Å²) in [4.78, 5) is 20.6. The van der Waals surface area contributed by atoms with Gasteiger partial charge in [0.15, 0.2) is 5.16 Å². The van der Waals surface area contributed by atoms with Crippen molar-refractivity contribution >= 4 is 35.0 Å². The molecule has 4 rings (SSSR count). The van der Waals surface area contributed by atoms with Crippen molar-refractivity contribution in [2.24, 2.45) is 0 Å². The molecule has 6 nitrogen and oxygen atoms in total. The highest BCUT2D eigenvalue weighted by molar-refractivity contribution is 7.99. The van der Waals surface area contributed by atoms with Crippen LogP contribution in [0, 0.1) is 0 Å². The predicted molar refractivity (Wildman–Crippen MR) is 138 cm³/mol. The predicted octanol–water partition coefficient (Wildman–Crippen LogP) is 6.54. The van der Waals surface area contributed by atoms with E-state index in [4.69, 9.17) is 26.1 Å². The number of hydrogen-bond acceptors (Lipinski definition) is 5. The lowest BCUT2D eigenvalue weighted by Crippen LogP contribution is -2.12. The molecule has 0 aliphatic carbocycles. The molecule has 1 amide bonds. The molecule has 0 bridgehead atoms. The van der Waals surface area contributed by atoms with Crippen LogP contribution in [0.25, 0.3) is 22.5 Å². The van der Waals surface area contributed by atoms with Gasteiger partial charge in [0, 0.05) is 34.0 Å². The van der Waals surface area contributed by atoms with Gasteiger partial charge in [-0.1, -0.05) is 29.4 Å². The molecule has 1 aromatic heterocycles. The van der Waals surface area contributed by atoms with Crippen molar-refractivity contribution in [1.82, 2.24) is 9.97 Å². The van der Waals surface area contributed by atoms with E-state index in [2.05, 4.69) is 10.3 Å². The van der Waals surface area contributed by atoms with E-state index >= 15 is 0 Å².